The zero-order chi connectivity index (χ0) is 26.6. The van der Waals surface area contributed by atoms with Crippen LogP contribution in [0.4, 0.5) is 5.82 Å². The summed E-state index contributed by atoms with van der Waals surface area (Å²) in [4.78, 5) is 69.5. The molecule has 14 heteroatoms. The first-order valence-electron chi connectivity index (χ1n) is 11.2. The molecule has 2 aliphatic rings. The van der Waals surface area contributed by atoms with Crippen LogP contribution in [0.25, 0.3) is 0 Å². The monoisotopic (exact) mass is 508 g/mol. The summed E-state index contributed by atoms with van der Waals surface area (Å²) in [7, 11) is 0. The summed E-state index contributed by atoms with van der Waals surface area (Å²) in [5.41, 5.74) is 7.23. The van der Waals surface area contributed by atoms with Gasteiger partial charge in [-0.25, -0.2) is 24.7 Å². The third kappa shape index (κ3) is 6.26. The van der Waals surface area contributed by atoms with Crippen LogP contribution in [0.15, 0.2) is 29.2 Å². The van der Waals surface area contributed by atoms with E-state index in [1.165, 1.54) is 12.3 Å². The molecule has 1 fully saturated rings. The van der Waals surface area contributed by atoms with Crippen LogP contribution >= 0.6 is 0 Å². The van der Waals surface area contributed by atoms with Crippen LogP contribution in [0.2, 0.25) is 0 Å². The number of hydrogen-bond donors (Lipinski definition) is 2. The summed E-state index contributed by atoms with van der Waals surface area (Å²) in [6, 6.07) is 0.425. The van der Waals surface area contributed by atoms with E-state index in [4.69, 9.17) is 29.5 Å². The molecular weight excluding hydrogens is 480 g/mol. The van der Waals surface area contributed by atoms with E-state index < -0.39 is 72.7 Å². The Balaban J connectivity index is 1.84. The molecule has 0 amide bonds. The molecular formula is C22H28N4O10. The average molecular weight is 508 g/mol. The molecule has 3 N–H and O–H groups in total. The van der Waals surface area contributed by atoms with E-state index in [1.54, 1.807) is 27.7 Å². The van der Waals surface area contributed by atoms with Crippen molar-refractivity contribution < 1.29 is 43.0 Å². The van der Waals surface area contributed by atoms with Gasteiger partial charge in [0.05, 0.1) is 5.92 Å². The highest BCUT2D eigenvalue weighted by atomic mass is 16.7. The van der Waals surface area contributed by atoms with Crippen molar-refractivity contribution in [2.24, 2.45) is 17.6 Å². The Hall–Kier alpha value is -3.78. The maximum atomic E-state index is 12.7. The molecule has 1 saturated heterocycles. The van der Waals surface area contributed by atoms with Gasteiger partial charge in [0.15, 0.2) is 24.3 Å². The van der Waals surface area contributed by atoms with Crippen LogP contribution in [0.1, 0.15) is 33.9 Å². The van der Waals surface area contributed by atoms with Crippen LogP contribution < -0.4 is 16.9 Å². The van der Waals surface area contributed by atoms with Crippen LogP contribution in [0.5, 0.6) is 0 Å². The first kappa shape index (κ1) is 26.8. The lowest BCUT2D eigenvalue weighted by Gasteiger charge is -2.25. The number of nitrogens with one attached hydrogen (secondary N) is 1. The number of ether oxygens (including phenoxy) is 4. The van der Waals surface area contributed by atoms with Gasteiger partial charge >= 0.3 is 29.6 Å². The van der Waals surface area contributed by atoms with Crippen molar-refractivity contribution in [3.63, 3.8) is 0 Å². The van der Waals surface area contributed by atoms with E-state index in [2.05, 4.69) is 10.5 Å². The van der Waals surface area contributed by atoms with Gasteiger partial charge in [-0.05, 0) is 5.92 Å². The first-order chi connectivity index (χ1) is 17.0. The van der Waals surface area contributed by atoms with E-state index in [0.717, 1.165) is 16.7 Å². The summed E-state index contributed by atoms with van der Waals surface area (Å²) >= 11 is 0. The molecule has 36 heavy (non-hydrogen) atoms. The SMILES string of the molecule is CC(C)C(=O)ONc1ccn([C@@H]2O[C@H](COC(=O)[C@@H](N)C(C)C)C3OC(=O)/C=C\C(=O)O[C@H]32)c(=O)n1. The third-order valence-electron chi connectivity index (χ3n) is 5.36. The van der Waals surface area contributed by atoms with E-state index >= 15 is 0 Å². The summed E-state index contributed by atoms with van der Waals surface area (Å²) in [5.74, 6) is -3.63. The first-order valence-corrected chi connectivity index (χ1v) is 11.2. The fourth-order valence-electron chi connectivity index (χ4n) is 3.23. The highest BCUT2D eigenvalue weighted by molar-refractivity contribution is 5.92. The van der Waals surface area contributed by atoms with Gasteiger partial charge < -0.3 is 29.5 Å². The molecule has 0 aliphatic carbocycles. The molecule has 0 aromatic carbocycles. The molecule has 1 unspecified atom stereocenters. The second-order valence-corrected chi connectivity index (χ2v) is 8.78. The molecule has 5 atom stereocenters. The number of rotatable bonds is 8. The Morgan fingerprint density at radius 3 is 2.31 bits per heavy atom. The maximum absolute atomic E-state index is 12.7. The largest absolute Gasteiger partial charge is 0.462 e. The van der Waals surface area contributed by atoms with Gasteiger partial charge in [-0.3, -0.25) is 9.36 Å². The van der Waals surface area contributed by atoms with Gasteiger partial charge in [-0.15, -0.1) is 0 Å². The van der Waals surface area contributed by atoms with Gasteiger partial charge in [0, 0.05) is 24.4 Å². The molecule has 0 bridgehead atoms. The molecule has 196 valence electrons. The molecule has 1 aromatic rings. The van der Waals surface area contributed by atoms with Crippen LogP contribution in [-0.2, 0) is 43.0 Å². The van der Waals surface area contributed by atoms with E-state index in [-0.39, 0.29) is 11.7 Å². The van der Waals surface area contributed by atoms with Crippen molar-refractivity contribution in [2.45, 2.75) is 58.3 Å². The molecule has 0 saturated carbocycles. The Morgan fingerprint density at radius 2 is 1.72 bits per heavy atom. The number of carbonyl (C=O) groups is 4. The number of aromatic nitrogens is 2. The molecule has 1 aromatic heterocycles. The topological polar surface area (TPSA) is 187 Å². The predicted molar refractivity (Wildman–Crippen MR) is 120 cm³/mol. The van der Waals surface area contributed by atoms with Crippen molar-refractivity contribution in [3.8, 4) is 0 Å². The van der Waals surface area contributed by atoms with Gasteiger partial charge in [-0.1, -0.05) is 27.7 Å². The van der Waals surface area contributed by atoms with Crippen molar-refractivity contribution >= 4 is 29.7 Å². The minimum atomic E-state index is -1.28. The van der Waals surface area contributed by atoms with Crippen molar-refractivity contribution in [1.29, 1.82) is 0 Å². The average Bonchev–Trinajstić information content (AvgIpc) is 3.13. The number of nitrogens with zero attached hydrogens (tertiary/aromatic N) is 2. The lowest BCUT2D eigenvalue weighted by molar-refractivity contribution is -0.165. The number of esters is 3. The smallest absolute Gasteiger partial charge is 0.351 e. The Bertz CT molecular complexity index is 1100. The molecule has 2 aliphatic heterocycles. The number of nitrogens with two attached hydrogens (primary N) is 1. The predicted octanol–water partition coefficient (Wildman–Crippen LogP) is -0.413. The highest BCUT2D eigenvalue weighted by Gasteiger charge is 2.51. The molecule has 0 radical (unpaired) electrons. The van der Waals surface area contributed by atoms with E-state index in [9.17, 15) is 24.0 Å². The Labute approximate surface area is 205 Å². The quantitative estimate of drug-likeness (QED) is 0.262. The van der Waals surface area contributed by atoms with Gasteiger partial charge in [0.2, 0.25) is 0 Å². The fourth-order valence-corrected chi connectivity index (χ4v) is 3.23. The standard InChI is InChI=1S/C22H28N4O10/c1-10(2)16(23)21(30)32-9-12-17-18(35-15(28)6-5-14(27)34-17)19(33-12)26-8-7-13(24-22(26)31)25-36-20(29)11(3)4/h5-8,10-12,16-19H,9,23H2,1-4H3,(H,24,25,31)/b6-5-/t12-,16+,17?,18-,19-/m1/s1. The lowest BCUT2D eigenvalue weighted by atomic mass is 10.1. The number of hydrogen-bond acceptors (Lipinski definition) is 13. The van der Waals surface area contributed by atoms with Crippen molar-refractivity contribution in [2.75, 3.05) is 12.1 Å². The second kappa shape index (κ2) is 11.3. The van der Waals surface area contributed by atoms with Crippen molar-refractivity contribution in [1.82, 2.24) is 9.55 Å². The van der Waals surface area contributed by atoms with Gasteiger partial charge in [0.25, 0.3) is 0 Å². The lowest BCUT2D eigenvalue weighted by Crippen LogP contribution is -2.44. The zero-order valence-corrected chi connectivity index (χ0v) is 20.1. The number of anilines is 1. The van der Waals surface area contributed by atoms with E-state index in [0.29, 0.717) is 0 Å². The van der Waals surface area contributed by atoms with Crippen LogP contribution in [0, 0.1) is 11.8 Å². The summed E-state index contributed by atoms with van der Waals surface area (Å²) in [6.45, 7) is 6.36. The number of fused-ring (bicyclic) bond motifs is 1. The maximum Gasteiger partial charge on any atom is 0.351 e. The molecule has 14 nitrogen and oxygen atoms in total. The van der Waals surface area contributed by atoms with Gasteiger partial charge in [0.1, 0.15) is 18.8 Å². The van der Waals surface area contributed by atoms with E-state index in [1.807, 2.05) is 0 Å². The molecule has 0 spiro atoms. The van der Waals surface area contributed by atoms with Gasteiger partial charge in [-0.2, -0.15) is 4.98 Å². The minimum absolute atomic E-state index is 0.0584. The van der Waals surface area contributed by atoms with Crippen LogP contribution in [-0.4, -0.2) is 64.4 Å². The Kier molecular flexibility index (Phi) is 8.42. The summed E-state index contributed by atoms with van der Waals surface area (Å²) < 4.78 is 22.8. The second-order valence-electron chi connectivity index (χ2n) is 8.78. The summed E-state index contributed by atoms with van der Waals surface area (Å²) in [6.07, 6.45) is -1.84. The summed E-state index contributed by atoms with van der Waals surface area (Å²) in [5, 5.41) is 0. The zero-order valence-electron chi connectivity index (χ0n) is 20.1. The Morgan fingerprint density at radius 1 is 1.08 bits per heavy atom. The molecule has 3 heterocycles. The van der Waals surface area contributed by atoms with Crippen LogP contribution in [0.3, 0.4) is 0 Å². The fraction of sp³-hybridized carbons (Fsp3) is 0.545. The number of carbonyl (C=O) groups excluding carboxylic acids is 4. The van der Waals surface area contributed by atoms with Crippen molar-refractivity contribution in [3.05, 3.63) is 34.9 Å². The highest BCUT2D eigenvalue weighted by Crippen LogP contribution is 2.34. The third-order valence-corrected chi connectivity index (χ3v) is 5.36. The molecule has 3 rings (SSSR count). The minimum Gasteiger partial charge on any atom is -0.462 e. The normalized spacial score (nSPS) is 25.2.